The van der Waals surface area contributed by atoms with Crippen LogP contribution in [0.4, 0.5) is 0 Å². The minimum Gasteiger partial charge on any atom is -0.491 e. The van der Waals surface area contributed by atoms with Gasteiger partial charge in [-0.15, -0.1) is 0 Å². The molecular weight excluding hydrogens is 396 g/mol. The summed E-state index contributed by atoms with van der Waals surface area (Å²) >= 11 is 5.71. The molecule has 6 nitrogen and oxygen atoms in total. The van der Waals surface area contributed by atoms with Crippen molar-refractivity contribution >= 4 is 16.8 Å². The summed E-state index contributed by atoms with van der Waals surface area (Å²) in [4.78, 5) is 11.7. The van der Waals surface area contributed by atoms with E-state index >= 15 is 0 Å². The van der Waals surface area contributed by atoms with E-state index in [0.29, 0.717) is 64.2 Å². The number of ether oxygens (including phenoxy) is 5. The van der Waals surface area contributed by atoms with Crippen LogP contribution < -0.4 is 4.74 Å². The van der Waals surface area contributed by atoms with Gasteiger partial charge in [-0.1, -0.05) is 30.3 Å². The molecule has 0 bridgehead atoms. The summed E-state index contributed by atoms with van der Waals surface area (Å²) in [6, 6.07) is 14.8. The summed E-state index contributed by atoms with van der Waals surface area (Å²) in [5.74, 6) is 0.651. The van der Waals surface area contributed by atoms with Crippen LogP contribution in [-0.2, 0) is 18.9 Å². The molecule has 0 aliphatic carbocycles. The zero-order valence-corrected chi connectivity index (χ0v) is 17.4. The highest BCUT2D eigenvalue weighted by Crippen LogP contribution is 2.29. The number of halogens is 1. The Balaban J connectivity index is 1.67. The SMILES string of the molecule is COCCOCCOCCOCCOc1ccc(C(=O)Cl)c(-c2ccccc2)c1. The average Bonchev–Trinajstić information content (AvgIpc) is 2.75. The molecule has 0 unspecified atom stereocenters. The molecule has 158 valence electrons. The van der Waals surface area contributed by atoms with Crippen LogP contribution in [0, 0.1) is 0 Å². The Morgan fingerprint density at radius 3 is 1.97 bits per heavy atom. The van der Waals surface area contributed by atoms with E-state index in [9.17, 15) is 4.79 Å². The molecule has 2 rings (SSSR count). The number of hydrogen-bond donors (Lipinski definition) is 0. The van der Waals surface area contributed by atoms with Crippen LogP contribution in [0.5, 0.6) is 5.75 Å². The molecule has 0 saturated heterocycles. The second kappa shape index (κ2) is 14.1. The normalized spacial score (nSPS) is 10.8. The Labute approximate surface area is 176 Å². The van der Waals surface area contributed by atoms with Gasteiger partial charge in [-0.2, -0.15) is 0 Å². The lowest BCUT2D eigenvalue weighted by molar-refractivity contribution is 0.000165. The summed E-state index contributed by atoms with van der Waals surface area (Å²) < 4.78 is 26.8. The molecule has 0 fully saturated rings. The molecule has 0 saturated carbocycles. The molecule has 0 radical (unpaired) electrons. The van der Waals surface area contributed by atoms with Crippen molar-refractivity contribution in [3.63, 3.8) is 0 Å². The average molecular weight is 423 g/mol. The Hall–Kier alpha value is -1.96. The number of carbonyl (C=O) groups excluding carboxylic acids is 1. The third-order valence-corrected chi connectivity index (χ3v) is 4.16. The topological polar surface area (TPSA) is 63.2 Å². The molecule has 2 aromatic rings. The van der Waals surface area contributed by atoms with E-state index in [0.717, 1.165) is 11.1 Å². The molecule has 0 N–H and O–H groups in total. The maximum Gasteiger partial charge on any atom is 0.253 e. The summed E-state index contributed by atoms with van der Waals surface area (Å²) in [6.45, 7) is 4.02. The Kier molecular flexibility index (Phi) is 11.3. The minimum absolute atomic E-state index is 0.391. The van der Waals surface area contributed by atoms with E-state index in [4.69, 9.17) is 35.3 Å². The van der Waals surface area contributed by atoms with E-state index in [1.807, 2.05) is 36.4 Å². The van der Waals surface area contributed by atoms with Gasteiger partial charge in [0.2, 0.25) is 0 Å². The number of rotatable bonds is 15. The van der Waals surface area contributed by atoms with Gasteiger partial charge in [-0.05, 0) is 40.9 Å². The van der Waals surface area contributed by atoms with Gasteiger partial charge in [0.1, 0.15) is 12.4 Å². The highest BCUT2D eigenvalue weighted by atomic mass is 35.5. The van der Waals surface area contributed by atoms with Crippen LogP contribution in [0.2, 0.25) is 0 Å². The summed E-state index contributed by atoms with van der Waals surface area (Å²) in [7, 11) is 1.64. The van der Waals surface area contributed by atoms with E-state index < -0.39 is 5.24 Å². The standard InChI is InChI=1S/C22H27ClO6/c1-25-9-10-26-11-12-27-13-14-28-15-16-29-19-7-8-20(22(23)24)21(17-19)18-5-3-2-4-6-18/h2-8,17H,9-16H2,1H3. The number of carbonyl (C=O) groups is 1. The first kappa shape index (κ1) is 23.3. The molecule has 0 heterocycles. The monoisotopic (exact) mass is 422 g/mol. The quantitative estimate of drug-likeness (QED) is 0.321. The Bertz CT molecular complexity index is 722. The van der Waals surface area contributed by atoms with Gasteiger partial charge >= 0.3 is 0 Å². The predicted molar refractivity (Wildman–Crippen MR) is 112 cm³/mol. The van der Waals surface area contributed by atoms with Gasteiger partial charge in [0.05, 0.1) is 46.2 Å². The van der Waals surface area contributed by atoms with Crippen LogP contribution in [-0.4, -0.2) is 65.2 Å². The summed E-state index contributed by atoms with van der Waals surface area (Å²) in [5.41, 5.74) is 2.09. The highest BCUT2D eigenvalue weighted by molar-refractivity contribution is 6.68. The van der Waals surface area contributed by atoms with E-state index in [1.54, 1.807) is 19.2 Å². The zero-order valence-electron chi connectivity index (χ0n) is 16.6. The minimum atomic E-state index is -0.497. The first-order valence-corrected chi connectivity index (χ1v) is 9.84. The van der Waals surface area contributed by atoms with Gasteiger partial charge in [-0.25, -0.2) is 0 Å². The zero-order chi connectivity index (χ0) is 20.7. The van der Waals surface area contributed by atoms with Crippen LogP contribution in [0.25, 0.3) is 11.1 Å². The molecule has 2 aromatic carbocycles. The van der Waals surface area contributed by atoms with Gasteiger partial charge < -0.3 is 23.7 Å². The smallest absolute Gasteiger partial charge is 0.253 e. The lowest BCUT2D eigenvalue weighted by atomic mass is 10.00. The molecule has 0 spiro atoms. The number of benzene rings is 2. The first-order chi connectivity index (χ1) is 14.2. The lowest BCUT2D eigenvalue weighted by Gasteiger charge is -2.11. The van der Waals surface area contributed by atoms with Gasteiger partial charge in [0, 0.05) is 12.7 Å². The van der Waals surface area contributed by atoms with Crippen LogP contribution in [0.3, 0.4) is 0 Å². The van der Waals surface area contributed by atoms with Crippen molar-refractivity contribution in [2.24, 2.45) is 0 Å². The van der Waals surface area contributed by atoms with Gasteiger partial charge in [0.15, 0.2) is 0 Å². The number of hydrogen-bond acceptors (Lipinski definition) is 6. The summed E-state index contributed by atoms with van der Waals surface area (Å²) in [5, 5.41) is -0.497. The van der Waals surface area contributed by atoms with Crippen LogP contribution in [0.1, 0.15) is 10.4 Å². The second-order valence-electron chi connectivity index (χ2n) is 6.03. The molecule has 0 aromatic heterocycles. The van der Waals surface area contributed by atoms with Gasteiger partial charge in [0.25, 0.3) is 5.24 Å². The summed E-state index contributed by atoms with van der Waals surface area (Å²) in [6.07, 6.45) is 0. The fraction of sp³-hybridized carbons (Fsp3) is 0.409. The van der Waals surface area contributed by atoms with E-state index in [-0.39, 0.29) is 0 Å². The lowest BCUT2D eigenvalue weighted by Crippen LogP contribution is -2.13. The van der Waals surface area contributed by atoms with Crippen molar-refractivity contribution in [2.45, 2.75) is 0 Å². The van der Waals surface area contributed by atoms with Crippen molar-refractivity contribution in [3.05, 3.63) is 54.1 Å². The fourth-order valence-electron chi connectivity index (χ4n) is 2.54. The fourth-order valence-corrected chi connectivity index (χ4v) is 2.71. The van der Waals surface area contributed by atoms with Crippen molar-refractivity contribution in [2.75, 3.05) is 60.0 Å². The van der Waals surface area contributed by atoms with E-state index in [2.05, 4.69) is 0 Å². The molecule has 29 heavy (non-hydrogen) atoms. The molecule has 0 aliphatic heterocycles. The Morgan fingerprint density at radius 1 is 0.793 bits per heavy atom. The van der Waals surface area contributed by atoms with Crippen molar-refractivity contribution < 1.29 is 28.5 Å². The highest BCUT2D eigenvalue weighted by Gasteiger charge is 2.12. The van der Waals surface area contributed by atoms with Crippen LogP contribution >= 0.6 is 11.6 Å². The van der Waals surface area contributed by atoms with Crippen molar-refractivity contribution in [1.29, 1.82) is 0 Å². The van der Waals surface area contributed by atoms with Crippen molar-refractivity contribution in [3.8, 4) is 16.9 Å². The third kappa shape index (κ3) is 8.94. The van der Waals surface area contributed by atoms with Crippen molar-refractivity contribution in [1.82, 2.24) is 0 Å². The molecule has 0 atom stereocenters. The van der Waals surface area contributed by atoms with Crippen LogP contribution in [0.15, 0.2) is 48.5 Å². The largest absolute Gasteiger partial charge is 0.491 e. The molecular formula is C22H27ClO6. The van der Waals surface area contributed by atoms with Gasteiger partial charge in [-0.3, -0.25) is 4.79 Å². The predicted octanol–water partition coefficient (Wildman–Crippen LogP) is 3.81. The maximum absolute atomic E-state index is 11.7. The third-order valence-electron chi connectivity index (χ3n) is 3.96. The first-order valence-electron chi connectivity index (χ1n) is 9.46. The Morgan fingerprint density at radius 2 is 1.38 bits per heavy atom. The number of methoxy groups -OCH3 is 1. The second-order valence-corrected chi connectivity index (χ2v) is 6.37. The molecule has 0 aliphatic rings. The maximum atomic E-state index is 11.7. The van der Waals surface area contributed by atoms with E-state index in [1.165, 1.54) is 0 Å². The molecule has 7 heteroatoms. The molecule has 0 amide bonds.